The highest BCUT2D eigenvalue weighted by molar-refractivity contribution is 5.60. The fraction of sp³-hybridized carbons (Fsp3) is 0.333. The van der Waals surface area contributed by atoms with Crippen molar-refractivity contribution in [3.8, 4) is 0 Å². The molecule has 2 aliphatic rings. The Kier molecular flexibility index (Phi) is 3.67. The van der Waals surface area contributed by atoms with E-state index in [1.165, 1.54) is 11.6 Å². The molecule has 0 saturated carbocycles. The number of hydrogen-bond donors (Lipinski definition) is 1. The fourth-order valence-corrected chi connectivity index (χ4v) is 4.04. The summed E-state index contributed by atoms with van der Waals surface area (Å²) in [5, 5.41) is 3.35. The highest BCUT2D eigenvalue weighted by atomic mass is 19.1. The third-order valence-corrected chi connectivity index (χ3v) is 5.35. The quantitative estimate of drug-likeness (QED) is 0.676. The number of allylic oxidation sites excluding steroid dienone is 2. The van der Waals surface area contributed by atoms with Crippen molar-refractivity contribution in [1.82, 2.24) is 0 Å². The standard InChI is InChI=1S/C21H21F2N/c1-12(2)13-6-8-14(9-7-13)20-17-5-3-4-16(17)18-10-15(22)11-19(23)21(18)24-20/h3-4,6-12,16-17,20,24H,5H2,1-2H3/t16-,17+,20+/m1/s1. The molecule has 0 spiro atoms. The number of hydrogen-bond acceptors (Lipinski definition) is 1. The molecule has 4 rings (SSSR count). The van der Waals surface area contributed by atoms with Gasteiger partial charge in [-0.05, 0) is 41.0 Å². The van der Waals surface area contributed by atoms with Crippen LogP contribution in [-0.2, 0) is 0 Å². The third-order valence-electron chi connectivity index (χ3n) is 5.35. The summed E-state index contributed by atoms with van der Waals surface area (Å²) in [6.07, 6.45) is 5.15. The second-order valence-electron chi connectivity index (χ2n) is 7.15. The van der Waals surface area contributed by atoms with Gasteiger partial charge in [0.1, 0.15) is 11.6 Å². The molecule has 0 amide bonds. The monoisotopic (exact) mass is 325 g/mol. The molecule has 1 aliphatic heterocycles. The topological polar surface area (TPSA) is 12.0 Å². The van der Waals surface area contributed by atoms with Gasteiger partial charge in [-0.1, -0.05) is 50.3 Å². The second-order valence-corrected chi connectivity index (χ2v) is 7.15. The fourth-order valence-electron chi connectivity index (χ4n) is 4.04. The van der Waals surface area contributed by atoms with Gasteiger partial charge >= 0.3 is 0 Å². The van der Waals surface area contributed by atoms with Crippen LogP contribution in [-0.4, -0.2) is 0 Å². The smallest absolute Gasteiger partial charge is 0.149 e. The zero-order valence-corrected chi connectivity index (χ0v) is 13.9. The van der Waals surface area contributed by atoms with E-state index in [1.807, 2.05) is 0 Å². The molecular weight excluding hydrogens is 304 g/mol. The first kappa shape index (κ1) is 15.4. The van der Waals surface area contributed by atoms with Gasteiger partial charge in [0.05, 0.1) is 11.7 Å². The van der Waals surface area contributed by atoms with Crippen LogP contribution < -0.4 is 5.32 Å². The van der Waals surface area contributed by atoms with E-state index in [2.05, 4.69) is 55.6 Å². The highest BCUT2D eigenvalue weighted by Crippen LogP contribution is 2.50. The van der Waals surface area contributed by atoms with Gasteiger partial charge in [0, 0.05) is 12.0 Å². The zero-order chi connectivity index (χ0) is 16.8. The molecule has 0 saturated heterocycles. The lowest BCUT2D eigenvalue weighted by atomic mass is 9.76. The van der Waals surface area contributed by atoms with Crippen LogP contribution in [0.3, 0.4) is 0 Å². The summed E-state index contributed by atoms with van der Waals surface area (Å²) in [6, 6.07) is 11.0. The van der Waals surface area contributed by atoms with Gasteiger partial charge in [0.25, 0.3) is 0 Å². The maximum atomic E-state index is 14.3. The van der Waals surface area contributed by atoms with Crippen molar-refractivity contribution in [3.63, 3.8) is 0 Å². The first-order valence-corrected chi connectivity index (χ1v) is 8.56. The van der Waals surface area contributed by atoms with Crippen LogP contribution in [0.4, 0.5) is 14.5 Å². The predicted molar refractivity (Wildman–Crippen MR) is 93.2 cm³/mol. The number of halogens is 2. The average Bonchev–Trinajstić information content (AvgIpc) is 3.04. The highest BCUT2D eigenvalue weighted by Gasteiger charge is 2.39. The van der Waals surface area contributed by atoms with Gasteiger partial charge in [-0.25, -0.2) is 8.78 Å². The lowest BCUT2D eigenvalue weighted by Crippen LogP contribution is -2.29. The van der Waals surface area contributed by atoms with Gasteiger partial charge in [0.2, 0.25) is 0 Å². The molecule has 0 unspecified atom stereocenters. The van der Waals surface area contributed by atoms with Crippen molar-refractivity contribution in [2.75, 3.05) is 5.32 Å². The molecule has 1 aliphatic carbocycles. The van der Waals surface area contributed by atoms with Crippen LogP contribution in [0.15, 0.2) is 48.6 Å². The molecule has 1 N–H and O–H groups in total. The minimum atomic E-state index is -0.508. The lowest BCUT2D eigenvalue weighted by Gasteiger charge is -2.37. The number of anilines is 1. The Labute approximate surface area is 141 Å². The summed E-state index contributed by atoms with van der Waals surface area (Å²) in [7, 11) is 0. The van der Waals surface area contributed by atoms with E-state index in [-0.39, 0.29) is 12.0 Å². The van der Waals surface area contributed by atoms with Crippen molar-refractivity contribution < 1.29 is 8.78 Å². The number of nitrogens with one attached hydrogen (secondary N) is 1. The van der Waals surface area contributed by atoms with Crippen LogP contribution in [0.25, 0.3) is 0 Å². The molecular formula is C21H21F2N. The van der Waals surface area contributed by atoms with E-state index in [1.54, 1.807) is 0 Å². The number of fused-ring (bicyclic) bond motifs is 3. The van der Waals surface area contributed by atoms with Crippen molar-refractivity contribution in [2.45, 2.75) is 38.1 Å². The Morgan fingerprint density at radius 3 is 2.54 bits per heavy atom. The largest absolute Gasteiger partial charge is 0.375 e. The van der Waals surface area contributed by atoms with Crippen molar-refractivity contribution in [3.05, 3.63) is 76.9 Å². The maximum absolute atomic E-state index is 14.3. The van der Waals surface area contributed by atoms with Crippen LogP contribution >= 0.6 is 0 Å². The molecule has 1 heterocycles. The van der Waals surface area contributed by atoms with Crippen LogP contribution in [0, 0.1) is 17.6 Å². The Bertz CT molecular complexity index is 792. The van der Waals surface area contributed by atoms with Crippen molar-refractivity contribution in [1.29, 1.82) is 0 Å². The van der Waals surface area contributed by atoms with E-state index in [0.29, 0.717) is 17.5 Å². The van der Waals surface area contributed by atoms with Gasteiger partial charge in [-0.2, -0.15) is 0 Å². The van der Waals surface area contributed by atoms with Crippen LogP contribution in [0.2, 0.25) is 0 Å². The summed E-state index contributed by atoms with van der Waals surface area (Å²) < 4.78 is 28.0. The van der Waals surface area contributed by atoms with Crippen molar-refractivity contribution in [2.24, 2.45) is 5.92 Å². The second kappa shape index (κ2) is 5.73. The summed E-state index contributed by atoms with van der Waals surface area (Å²) in [4.78, 5) is 0. The first-order chi connectivity index (χ1) is 11.5. The summed E-state index contributed by atoms with van der Waals surface area (Å²) >= 11 is 0. The molecule has 24 heavy (non-hydrogen) atoms. The lowest BCUT2D eigenvalue weighted by molar-refractivity contribution is 0.418. The molecule has 0 fully saturated rings. The van der Waals surface area contributed by atoms with E-state index in [9.17, 15) is 8.78 Å². The minimum Gasteiger partial charge on any atom is -0.375 e. The van der Waals surface area contributed by atoms with E-state index >= 15 is 0 Å². The SMILES string of the molecule is CC(C)c1ccc([C@@H]2Nc3c(F)cc(F)cc3[C@@H]3C=CC[C@@H]32)cc1. The molecule has 0 aromatic heterocycles. The molecule has 1 nitrogen and oxygen atoms in total. The molecule has 3 atom stereocenters. The summed E-state index contributed by atoms with van der Waals surface area (Å²) in [5.41, 5.74) is 3.64. The van der Waals surface area contributed by atoms with Crippen LogP contribution in [0.1, 0.15) is 54.8 Å². The molecule has 0 bridgehead atoms. The molecule has 3 heteroatoms. The normalized spacial score (nSPS) is 24.6. The molecule has 0 radical (unpaired) electrons. The van der Waals surface area contributed by atoms with Gasteiger partial charge < -0.3 is 5.32 Å². The minimum absolute atomic E-state index is 0.0404. The third kappa shape index (κ3) is 2.43. The summed E-state index contributed by atoms with van der Waals surface area (Å²) in [5.74, 6) is -0.162. The number of rotatable bonds is 2. The Morgan fingerprint density at radius 1 is 1.08 bits per heavy atom. The predicted octanol–water partition coefficient (Wildman–Crippen LogP) is 5.91. The van der Waals surface area contributed by atoms with E-state index < -0.39 is 11.6 Å². The van der Waals surface area contributed by atoms with Crippen LogP contribution in [0.5, 0.6) is 0 Å². The Morgan fingerprint density at radius 2 is 1.83 bits per heavy atom. The first-order valence-electron chi connectivity index (χ1n) is 8.56. The molecule has 2 aromatic carbocycles. The van der Waals surface area contributed by atoms with Crippen molar-refractivity contribution >= 4 is 5.69 Å². The van der Waals surface area contributed by atoms with E-state index in [4.69, 9.17) is 0 Å². The molecule has 2 aromatic rings. The van der Waals surface area contributed by atoms with Gasteiger partial charge in [-0.15, -0.1) is 0 Å². The average molecular weight is 325 g/mol. The summed E-state index contributed by atoms with van der Waals surface area (Å²) in [6.45, 7) is 4.34. The zero-order valence-electron chi connectivity index (χ0n) is 13.9. The van der Waals surface area contributed by atoms with Gasteiger partial charge in [-0.3, -0.25) is 0 Å². The Balaban J connectivity index is 1.75. The Hall–Kier alpha value is -2.16. The molecule has 124 valence electrons. The maximum Gasteiger partial charge on any atom is 0.149 e. The van der Waals surface area contributed by atoms with Gasteiger partial charge in [0.15, 0.2) is 0 Å². The van der Waals surface area contributed by atoms with E-state index in [0.717, 1.165) is 23.6 Å². The number of benzene rings is 2.